The average molecular weight is 492 g/mol. The average Bonchev–Trinajstić information content (AvgIpc) is 3.29. The van der Waals surface area contributed by atoms with E-state index >= 15 is 0 Å². The zero-order chi connectivity index (χ0) is 24.1. The summed E-state index contributed by atoms with van der Waals surface area (Å²) in [4.78, 5) is 12.5. The van der Waals surface area contributed by atoms with Gasteiger partial charge in [-0.25, -0.2) is 0 Å². The van der Waals surface area contributed by atoms with E-state index in [9.17, 15) is 18.0 Å². The molecule has 1 aromatic heterocycles. The van der Waals surface area contributed by atoms with Gasteiger partial charge in [0.15, 0.2) is 5.76 Å². The molecule has 180 valence electrons. The highest BCUT2D eigenvalue weighted by atomic mass is 35.5. The van der Waals surface area contributed by atoms with E-state index in [0.29, 0.717) is 12.5 Å². The van der Waals surface area contributed by atoms with Crippen molar-refractivity contribution in [2.45, 2.75) is 44.4 Å². The van der Waals surface area contributed by atoms with Crippen LogP contribution in [0.1, 0.15) is 47.3 Å². The molecule has 3 aromatic rings. The zero-order valence-corrected chi connectivity index (χ0v) is 19.1. The summed E-state index contributed by atoms with van der Waals surface area (Å²) in [5.41, 5.74) is 0.772. The Kier molecular flexibility index (Phi) is 7.58. The summed E-state index contributed by atoms with van der Waals surface area (Å²) in [7, 11) is 0. The Labute approximate surface area is 200 Å². The van der Waals surface area contributed by atoms with Gasteiger partial charge >= 0.3 is 6.18 Å². The van der Waals surface area contributed by atoms with Crippen molar-refractivity contribution < 1.29 is 22.5 Å². The Morgan fingerprint density at radius 2 is 1.79 bits per heavy atom. The second kappa shape index (κ2) is 10.6. The predicted molar refractivity (Wildman–Crippen MR) is 123 cm³/mol. The third-order valence-electron chi connectivity index (χ3n) is 6.08. The zero-order valence-electron chi connectivity index (χ0n) is 18.4. The first-order valence-corrected chi connectivity index (χ1v) is 11.6. The van der Waals surface area contributed by atoms with E-state index in [1.54, 1.807) is 0 Å². The van der Waals surface area contributed by atoms with Gasteiger partial charge in [0.1, 0.15) is 0 Å². The van der Waals surface area contributed by atoms with E-state index in [-0.39, 0.29) is 16.6 Å². The van der Waals surface area contributed by atoms with E-state index in [0.717, 1.165) is 67.4 Å². The van der Waals surface area contributed by atoms with Crippen molar-refractivity contribution in [2.24, 2.45) is 5.92 Å². The van der Waals surface area contributed by atoms with Crippen molar-refractivity contribution in [3.63, 3.8) is 0 Å². The van der Waals surface area contributed by atoms with Crippen molar-refractivity contribution in [2.75, 3.05) is 6.54 Å². The molecule has 1 saturated carbocycles. The molecule has 0 bridgehead atoms. The first-order valence-electron chi connectivity index (χ1n) is 11.2. The molecular formula is C25H25ClF3N3O2. The van der Waals surface area contributed by atoms with E-state index in [1.807, 2.05) is 36.4 Å². The molecule has 1 amide bonds. The Morgan fingerprint density at radius 3 is 2.50 bits per heavy atom. The summed E-state index contributed by atoms with van der Waals surface area (Å²) < 4.78 is 44.3. The summed E-state index contributed by atoms with van der Waals surface area (Å²) >= 11 is 5.98. The second-order valence-electron chi connectivity index (χ2n) is 8.56. The normalized spacial score (nSPS) is 18.6. The molecule has 5 nitrogen and oxygen atoms in total. The number of hydrogen-bond acceptors (Lipinski definition) is 4. The van der Waals surface area contributed by atoms with Gasteiger partial charge in [0.05, 0.1) is 21.8 Å². The maximum atomic E-state index is 13.0. The van der Waals surface area contributed by atoms with Gasteiger partial charge in [-0.1, -0.05) is 47.1 Å². The van der Waals surface area contributed by atoms with Crippen molar-refractivity contribution in [1.29, 1.82) is 0 Å². The van der Waals surface area contributed by atoms with Gasteiger partial charge in [0.25, 0.3) is 5.91 Å². The smallest absolute Gasteiger partial charge is 0.356 e. The Bertz CT molecular complexity index is 1110. The minimum atomic E-state index is -4.53. The van der Waals surface area contributed by atoms with Crippen LogP contribution in [-0.4, -0.2) is 23.7 Å². The van der Waals surface area contributed by atoms with Crippen LogP contribution in [0.15, 0.2) is 59.1 Å². The van der Waals surface area contributed by atoms with Gasteiger partial charge in [-0.3, -0.25) is 4.79 Å². The highest BCUT2D eigenvalue weighted by molar-refractivity contribution is 6.33. The lowest BCUT2D eigenvalue weighted by atomic mass is 9.86. The van der Waals surface area contributed by atoms with Crippen LogP contribution in [0, 0.1) is 5.92 Å². The number of amides is 1. The molecule has 0 radical (unpaired) electrons. The van der Waals surface area contributed by atoms with Crippen LogP contribution in [-0.2, 0) is 12.7 Å². The van der Waals surface area contributed by atoms with Gasteiger partial charge in [0.2, 0.25) is 0 Å². The van der Waals surface area contributed by atoms with Crippen LogP contribution >= 0.6 is 11.6 Å². The molecule has 4 rings (SSSR count). The van der Waals surface area contributed by atoms with Gasteiger partial charge in [-0.2, -0.15) is 13.2 Å². The fraction of sp³-hybridized carbons (Fsp3) is 0.360. The summed E-state index contributed by atoms with van der Waals surface area (Å²) in [6.07, 6.45) is -1.20. The van der Waals surface area contributed by atoms with Crippen molar-refractivity contribution in [3.05, 3.63) is 76.4 Å². The molecule has 0 spiro atoms. The molecule has 0 atom stereocenters. The predicted octanol–water partition coefficient (Wildman–Crippen LogP) is 6.09. The number of carbonyl (C=O) groups is 1. The number of carbonyl (C=O) groups excluding carboxylic acids is 1. The summed E-state index contributed by atoms with van der Waals surface area (Å²) in [6, 6.07) is 14.4. The molecule has 1 fully saturated rings. The van der Waals surface area contributed by atoms with Crippen LogP contribution in [0.25, 0.3) is 11.3 Å². The van der Waals surface area contributed by atoms with Gasteiger partial charge in [-0.05, 0) is 56.3 Å². The van der Waals surface area contributed by atoms with Gasteiger partial charge < -0.3 is 15.2 Å². The quantitative estimate of drug-likeness (QED) is 0.419. The van der Waals surface area contributed by atoms with Crippen molar-refractivity contribution in [3.8, 4) is 11.3 Å². The molecule has 2 N–H and O–H groups in total. The topological polar surface area (TPSA) is 67.2 Å². The van der Waals surface area contributed by atoms with Crippen molar-refractivity contribution in [1.82, 2.24) is 15.8 Å². The number of rotatable bonds is 7. The fourth-order valence-electron chi connectivity index (χ4n) is 4.19. The molecule has 1 heterocycles. The van der Waals surface area contributed by atoms with Gasteiger partial charge in [0, 0.05) is 24.2 Å². The highest BCUT2D eigenvalue weighted by Crippen LogP contribution is 2.32. The molecule has 1 aliphatic rings. The monoisotopic (exact) mass is 491 g/mol. The van der Waals surface area contributed by atoms with Crippen LogP contribution in [0.5, 0.6) is 0 Å². The van der Waals surface area contributed by atoms with E-state index in [1.165, 1.54) is 0 Å². The summed E-state index contributed by atoms with van der Waals surface area (Å²) in [6.45, 7) is 1.41. The molecule has 34 heavy (non-hydrogen) atoms. The highest BCUT2D eigenvalue weighted by Gasteiger charge is 2.32. The van der Waals surface area contributed by atoms with Crippen molar-refractivity contribution >= 4 is 17.5 Å². The van der Waals surface area contributed by atoms with Crippen LogP contribution in [0.4, 0.5) is 13.2 Å². The van der Waals surface area contributed by atoms with E-state index in [4.69, 9.17) is 16.1 Å². The number of benzene rings is 2. The lowest BCUT2D eigenvalue weighted by Gasteiger charge is -2.29. The lowest BCUT2D eigenvalue weighted by molar-refractivity contribution is -0.137. The van der Waals surface area contributed by atoms with Crippen LogP contribution in [0.2, 0.25) is 5.02 Å². The minimum Gasteiger partial charge on any atom is -0.356 e. The second-order valence-corrected chi connectivity index (χ2v) is 8.97. The first-order chi connectivity index (χ1) is 16.3. The molecule has 0 aliphatic heterocycles. The van der Waals surface area contributed by atoms with Crippen LogP contribution < -0.4 is 10.6 Å². The first kappa shape index (κ1) is 24.3. The van der Waals surface area contributed by atoms with Crippen LogP contribution in [0.3, 0.4) is 0 Å². The number of halogens is 4. The SMILES string of the molecule is O=C(N[C@H]1CC[C@H](CNCc2cc(-c3ccccc3)on2)CC1)c1cc(C(F)(F)F)ccc1Cl. The van der Waals surface area contributed by atoms with E-state index < -0.39 is 17.6 Å². The lowest BCUT2D eigenvalue weighted by Crippen LogP contribution is -2.39. The third kappa shape index (κ3) is 6.18. The number of alkyl halides is 3. The molecule has 0 saturated heterocycles. The number of nitrogens with zero attached hydrogens (tertiary/aromatic N) is 1. The Hall–Kier alpha value is -2.84. The number of nitrogens with one attached hydrogen (secondary N) is 2. The molecule has 2 aromatic carbocycles. The molecule has 0 unspecified atom stereocenters. The largest absolute Gasteiger partial charge is 0.416 e. The minimum absolute atomic E-state index is 0.00617. The molecule has 1 aliphatic carbocycles. The maximum absolute atomic E-state index is 13.0. The number of aromatic nitrogens is 1. The standard InChI is InChI=1S/C25H25ClF3N3O2/c26-22-11-8-18(25(27,28)29)12-21(22)24(33)31-19-9-6-16(7-10-19)14-30-15-20-13-23(34-32-20)17-4-2-1-3-5-17/h1-5,8,11-13,16,19,30H,6-7,9-10,14-15H2,(H,31,33)/t16-,19-. The summed E-state index contributed by atoms with van der Waals surface area (Å²) in [5.74, 6) is 0.609. The summed E-state index contributed by atoms with van der Waals surface area (Å²) in [5, 5.41) is 10.4. The Balaban J connectivity index is 1.21. The molecular weight excluding hydrogens is 467 g/mol. The number of hydrogen-bond donors (Lipinski definition) is 2. The molecule has 9 heteroatoms. The van der Waals surface area contributed by atoms with Gasteiger partial charge in [-0.15, -0.1) is 0 Å². The fourth-order valence-corrected chi connectivity index (χ4v) is 4.39. The third-order valence-corrected chi connectivity index (χ3v) is 6.41. The Morgan fingerprint density at radius 1 is 1.06 bits per heavy atom. The van der Waals surface area contributed by atoms with E-state index in [2.05, 4.69) is 15.8 Å². The maximum Gasteiger partial charge on any atom is 0.416 e.